The van der Waals surface area contributed by atoms with Crippen molar-refractivity contribution in [2.24, 2.45) is 0 Å². The molecule has 3 aromatic rings. The molecule has 2 aromatic carbocycles. The number of rotatable bonds is 5. The molecule has 31 heavy (non-hydrogen) atoms. The summed E-state index contributed by atoms with van der Waals surface area (Å²) in [6.07, 6.45) is 0.697. The Morgan fingerprint density at radius 2 is 1.81 bits per heavy atom. The van der Waals surface area contributed by atoms with Gasteiger partial charge in [-0.25, -0.2) is 4.68 Å². The molecule has 8 heteroatoms. The van der Waals surface area contributed by atoms with E-state index in [1.54, 1.807) is 18.2 Å². The Labute approximate surface area is 189 Å². The number of hydrogen-bond donors (Lipinski definition) is 3. The van der Waals surface area contributed by atoms with Gasteiger partial charge in [0.2, 0.25) is 0 Å². The molecule has 162 valence electrons. The first kappa shape index (κ1) is 22.6. The van der Waals surface area contributed by atoms with Crippen LogP contribution in [0.25, 0.3) is 10.9 Å². The van der Waals surface area contributed by atoms with Crippen LogP contribution in [0.5, 0.6) is 0 Å². The number of fused-ring (bicyclic) bond motifs is 1. The number of hydrogen-bond acceptors (Lipinski definition) is 3. The summed E-state index contributed by atoms with van der Waals surface area (Å²) >= 11 is 3.42. The molecular weight excluding hydrogens is 460 g/mol. The minimum Gasteiger partial charge on any atom is -0.345 e. The average molecular weight is 485 g/mol. The molecule has 3 amide bonds. The van der Waals surface area contributed by atoms with E-state index in [0.717, 1.165) is 21.0 Å². The molecule has 0 fully saturated rings. The lowest BCUT2D eigenvalue weighted by Gasteiger charge is -2.15. The maximum Gasteiger partial charge on any atom is 0.328 e. The van der Waals surface area contributed by atoms with Crippen LogP contribution in [0.3, 0.4) is 0 Å². The van der Waals surface area contributed by atoms with Crippen molar-refractivity contribution in [3.05, 3.63) is 63.8 Å². The van der Waals surface area contributed by atoms with E-state index in [9.17, 15) is 14.4 Å². The Morgan fingerprint density at radius 1 is 1.06 bits per heavy atom. The van der Waals surface area contributed by atoms with Crippen molar-refractivity contribution in [2.45, 2.75) is 40.2 Å². The van der Waals surface area contributed by atoms with Gasteiger partial charge in [0.15, 0.2) is 0 Å². The molecule has 3 N–H and O–H groups in total. The highest BCUT2D eigenvalue weighted by Gasteiger charge is 2.22. The lowest BCUT2D eigenvalue weighted by molar-refractivity contribution is -0.137. The fraction of sp³-hybridized carbons (Fsp3) is 0.261. The minimum atomic E-state index is -0.846. The maximum absolute atomic E-state index is 13.1. The van der Waals surface area contributed by atoms with Crippen LogP contribution in [-0.4, -0.2) is 28.4 Å². The van der Waals surface area contributed by atoms with Crippen LogP contribution < -0.4 is 16.1 Å². The van der Waals surface area contributed by atoms with Gasteiger partial charge in [-0.05, 0) is 68.7 Å². The molecule has 1 heterocycles. The fourth-order valence-corrected chi connectivity index (χ4v) is 3.47. The summed E-state index contributed by atoms with van der Waals surface area (Å²) in [7, 11) is 0. The largest absolute Gasteiger partial charge is 0.345 e. The summed E-state index contributed by atoms with van der Waals surface area (Å²) in [4.78, 5) is 37.9. The number of nitrogens with zero attached hydrogens (tertiary/aromatic N) is 1. The number of carbonyl (C=O) groups is 3. The van der Waals surface area contributed by atoms with E-state index in [-0.39, 0.29) is 11.7 Å². The lowest BCUT2D eigenvalue weighted by Crippen LogP contribution is -2.43. The first-order chi connectivity index (χ1) is 14.7. The van der Waals surface area contributed by atoms with E-state index in [0.29, 0.717) is 17.6 Å². The Balaban J connectivity index is 1.97. The minimum absolute atomic E-state index is 0.136. The second-order valence-corrected chi connectivity index (χ2v) is 8.41. The molecule has 0 saturated heterocycles. The summed E-state index contributed by atoms with van der Waals surface area (Å²) in [5.74, 6) is -2.00. The molecule has 0 saturated carbocycles. The number of carbonyl (C=O) groups excluding carboxylic acids is 3. The number of halogens is 1. The molecule has 0 unspecified atom stereocenters. The number of benzene rings is 2. The predicted molar refractivity (Wildman–Crippen MR) is 126 cm³/mol. The van der Waals surface area contributed by atoms with Gasteiger partial charge in [0.05, 0.1) is 5.52 Å². The number of aromatic nitrogens is 1. The standard InChI is InChI=1S/C23H25BrN4O3/c1-5-14(3)25-22(30)23(31)27-28-19-10-9-17(24)11-16(19)12-20(28)21(29)26-18-8-6-7-13(2)15(18)4/h6-12,14H,5H2,1-4H3,(H,25,30)(H,26,29)(H,27,31)/t14-/m0/s1. The molecule has 0 aliphatic rings. The Kier molecular flexibility index (Phi) is 6.80. The number of aryl methyl sites for hydroxylation is 1. The molecule has 0 radical (unpaired) electrons. The van der Waals surface area contributed by atoms with Gasteiger partial charge in [-0.1, -0.05) is 35.0 Å². The third kappa shape index (κ3) is 4.96. The first-order valence-electron chi connectivity index (χ1n) is 10.0. The third-order valence-corrected chi connectivity index (χ3v) is 5.75. The van der Waals surface area contributed by atoms with Crippen molar-refractivity contribution in [2.75, 3.05) is 10.7 Å². The van der Waals surface area contributed by atoms with Crippen molar-refractivity contribution >= 4 is 50.2 Å². The van der Waals surface area contributed by atoms with Crippen molar-refractivity contribution in [1.82, 2.24) is 9.99 Å². The van der Waals surface area contributed by atoms with Crippen LogP contribution >= 0.6 is 15.9 Å². The Bertz CT molecular complexity index is 1170. The zero-order valence-electron chi connectivity index (χ0n) is 17.9. The number of anilines is 1. The van der Waals surface area contributed by atoms with Gasteiger partial charge >= 0.3 is 11.8 Å². The van der Waals surface area contributed by atoms with Crippen molar-refractivity contribution in [3.8, 4) is 0 Å². The number of amides is 3. The van der Waals surface area contributed by atoms with E-state index >= 15 is 0 Å². The highest BCUT2D eigenvalue weighted by Crippen LogP contribution is 2.25. The third-order valence-electron chi connectivity index (χ3n) is 5.26. The Hall–Kier alpha value is -3.13. The quantitative estimate of drug-likeness (QED) is 0.472. The smallest absolute Gasteiger partial charge is 0.328 e. The second kappa shape index (κ2) is 9.34. The zero-order valence-corrected chi connectivity index (χ0v) is 19.5. The molecule has 1 atom stereocenters. The van der Waals surface area contributed by atoms with Crippen LogP contribution in [0.2, 0.25) is 0 Å². The SMILES string of the molecule is CC[C@H](C)NC(=O)C(=O)Nn1c(C(=O)Nc2cccc(C)c2C)cc2cc(Br)ccc21. The lowest BCUT2D eigenvalue weighted by atomic mass is 10.1. The van der Waals surface area contributed by atoms with E-state index < -0.39 is 17.7 Å². The van der Waals surface area contributed by atoms with Gasteiger partial charge in [0.25, 0.3) is 5.91 Å². The van der Waals surface area contributed by atoms with Gasteiger partial charge in [-0.15, -0.1) is 0 Å². The number of nitrogens with one attached hydrogen (secondary N) is 3. The molecule has 3 rings (SSSR count). The monoisotopic (exact) mass is 484 g/mol. The molecular formula is C23H25BrN4O3. The van der Waals surface area contributed by atoms with E-state index in [4.69, 9.17) is 0 Å². The summed E-state index contributed by atoms with van der Waals surface area (Å²) in [5.41, 5.74) is 6.06. The molecule has 1 aromatic heterocycles. The summed E-state index contributed by atoms with van der Waals surface area (Å²) in [6.45, 7) is 7.63. The molecule has 0 spiro atoms. The van der Waals surface area contributed by atoms with Crippen molar-refractivity contribution in [1.29, 1.82) is 0 Å². The topological polar surface area (TPSA) is 92.2 Å². The first-order valence-corrected chi connectivity index (χ1v) is 10.8. The van der Waals surface area contributed by atoms with Gasteiger partial charge < -0.3 is 10.6 Å². The Morgan fingerprint density at radius 3 is 2.52 bits per heavy atom. The van der Waals surface area contributed by atoms with E-state index in [1.165, 1.54) is 4.68 Å². The molecule has 0 aliphatic heterocycles. The highest BCUT2D eigenvalue weighted by atomic mass is 79.9. The van der Waals surface area contributed by atoms with Crippen LogP contribution in [0.4, 0.5) is 5.69 Å². The predicted octanol–water partition coefficient (Wildman–Crippen LogP) is 4.26. The van der Waals surface area contributed by atoms with Crippen LogP contribution in [0, 0.1) is 13.8 Å². The maximum atomic E-state index is 13.1. The summed E-state index contributed by atoms with van der Waals surface area (Å²) < 4.78 is 2.18. The van der Waals surface area contributed by atoms with Gasteiger partial charge in [-0.2, -0.15) is 0 Å². The van der Waals surface area contributed by atoms with Gasteiger partial charge in [-0.3, -0.25) is 19.8 Å². The molecule has 7 nitrogen and oxygen atoms in total. The second-order valence-electron chi connectivity index (χ2n) is 7.49. The van der Waals surface area contributed by atoms with Crippen molar-refractivity contribution in [3.63, 3.8) is 0 Å². The zero-order chi connectivity index (χ0) is 22.7. The summed E-state index contributed by atoms with van der Waals surface area (Å²) in [6, 6.07) is 12.6. The van der Waals surface area contributed by atoms with Gasteiger partial charge in [0.1, 0.15) is 5.69 Å². The average Bonchev–Trinajstić information content (AvgIpc) is 3.08. The van der Waals surface area contributed by atoms with E-state index in [2.05, 4.69) is 32.0 Å². The van der Waals surface area contributed by atoms with Gasteiger partial charge in [0, 0.05) is 21.6 Å². The molecule has 0 bridgehead atoms. The van der Waals surface area contributed by atoms with Crippen LogP contribution in [-0.2, 0) is 9.59 Å². The molecule has 0 aliphatic carbocycles. The normalized spacial score (nSPS) is 11.8. The van der Waals surface area contributed by atoms with Crippen LogP contribution in [0.1, 0.15) is 41.9 Å². The summed E-state index contributed by atoms with van der Waals surface area (Å²) in [5, 5.41) is 6.27. The van der Waals surface area contributed by atoms with E-state index in [1.807, 2.05) is 52.0 Å². The fourth-order valence-electron chi connectivity index (χ4n) is 3.09. The highest BCUT2D eigenvalue weighted by molar-refractivity contribution is 9.10. The van der Waals surface area contributed by atoms with Crippen LogP contribution in [0.15, 0.2) is 46.9 Å². The van der Waals surface area contributed by atoms with Crippen molar-refractivity contribution < 1.29 is 14.4 Å².